The van der Waals surface area contributed by atoms with Crippen LogP contribution in [0.2, 0.25) is 0 Å². The molecule has 42 heavy (non-hydrogen) atoms. The summed E-state index contributed by atoms with van der Waals surface area (Å²) in [6.45, 7) is 4.76. The number of benzene rings is 3. The first kappa shape index (κ1) is 26.5. The van der Waals surface area contributed by atoms with Crippen molar-refractivity contribution in [3.05, 3.63) is 136 Å². The average Bonchev–Trinajstić information content (AvgIpc) is 3.59. The van der Waals surface area contributed by atoms with E-state index in [0.29, 0.717) is 25.2 Å². The first-order chi connectivity index (χ1) is 20.6. The van der Waals surface area contributed by atoms with Crippen LogP contribution in [0.25, 0.3) is 38.2 Å². The number of aromatic amines is 1. The van der Waals surface area contributed by atoms with Crippen molar-refractivity contribution in [1.82, 2.24) is 25.6 Å². The number of aryl methyl sites for hydroxylation is 1. The summed E-state index contributed by atoms with van der Waals surface area (Å²) in [5, 5.41) is 6.87. The maximum absolute atomic E-state index is 15.6. The zero-order valence-corrected chi connectivity index (χ0v) is 24.1. The molecular formula is C35H30FN5S. The molecule has 1 aliphatic heterocycles. The van der Waals surface area contributed by atoms with Gasteiger partial charge in [-0.3, -0.25) is 4.98 Å². The van der Waals surface area contributed by atoms with Gasteiger partial charge in [0.05, 0.1) is 11.0 Å². The number of aromatic nitrogens is 3. The first-order valence-electron chi connectivity index (χ1n) is 14.1. The monoisotopic (exact) mass is 571 g/mol. The lowest BCUT2D eigenvalue weighted by atomic mass is 9.94. The molecule has 6 aromatic rings. The molecule has 0 aliphatic carbocycles. The Kier molecular flexibility index (Phi) is 7.22. The van der Waals surface area contributed by atoms with E-state index in [-0.39, 0.29) is 5.82 Å². The lowest BCUT2D eigenvalue weighted by molar-refractivity contribution is 0.626. The van der Waals surface area contributed by atoms with E-state index in [1.807, 2.05) is 36.5 Å². The number of hydrogen-bond donors (Lipinski definition) is 3. The second-order valence-corrected chi connectivity index (χ2v) is 11.9. The van der Waals surface area contributed by atoms with Crippen molar-refractivity contribution >= 4 is 27.9 Å². The molecule has 4 heterocycles. The molecule has 208 valence electrons. The summed E-state index contributed by atoms with van der Waals surface area (Å²) in [6.07, 6.45) is 5.71. The Morgan fingerprint density at radius 3 is 2.62 bits per heavy atom. The number of rotatable bonds is 7. The third-order valence-electron chi connectivity index (χ3n) is 7.63. The van der Waals surface area contributed by atoms with Crippen LogP contribution in [0.5, 0.6) is 0 Å². The minimum absolute atomic E-state index is 0.257. The molecule has 7 heteroatoms. The minimum atomic E-state index is -0.257. The van der Waals surface area contributed by atoms with Crippen molar-refractivity contribution in [2.24, 2.45) is 0 Å². The van der Waals surface area contributed by atoms with Gasteiger partial charge < -0.3 is 15.6 Å². The number of fused-ring (bicyclic) bond motifs is 2. The molecule has 0 radical (unpaired) electrons. The van der Waals surface area contributed by atoms with Crippen LogP contribution in [-0.2, 0) is 19.6 Å². The molecule has 0 amide bonds. The highest BCUT2D eigenvalue weighted by Gasteiger charge is 2.21. The molecular weight excluding hydrogens is 541 g/mol. The SMILES string of the molecule is Cc1ccc(-c2cccc3[nH]c(C4=CCNCc5cc(F)c(-c6cncc(CNCc7ccccc7)c6)cc54)nc23)s1. The van der Waals surface area contributed by atoms with E-state index < -0.39 is 0 Å². The van der Waals surface area contributed by atoms with Crippen LogP contribution < -0.4 is 10.6 Å². The van der Waals surface area contributed by atoms with E-state index in [1.54, 1.807) is 23.6 Å². The predicted octanol–water partition coefficient (Wildman–Crippen LogP) is 7.63. The quantitative estimate of drug-likeness (QED) is 0.184. The maximum atomic E-state index is 15.6. The van der Waals surface area contributed by atoms with E-state index in [9.17, 15) is 0 Å². The van der Waals surface area contributed by atoms with E-state index >= 15 is 4.39 Å². The largest absolute Gasteiger partial charge is 0.338 e. The van der Waals surface area contributed by atoms with E-state index in [2.05, 4.69) is 76.1 Å². The van der Waals surface area contributed by atoms with Gasteiger partial charge in [0.15, 0.2) is 0 Å². The second-order valence-electron chi connectivity index (χ2n) is 10.6. The fourth-order valence-electron chi connectivity index (χ4n) is 5.56. The van der Waals surface area contributed by atoms with Crippen molar-refractivity contribution in [1.29, 1.82) is 0 Å². The van der Waals surface area contributed by atoms with Crippen molar-refractivity contribution in [2.45, 2.75) is 26.6 Å². The molecule has 0 unspecified atom stereocenters. The van der Waals surface area contributed by atoms with Gasteiger partial charge in [-0.1, -0.05) is 48.5 Å². The highest BCUT2D eigenvalue weighted by Crippen LogP contribution is 2.36. The Hall–Kier alpha value is -4.43. The topological polar surface area (TPSA) is 65.6 Å². The molecule has 0 saturated heterocycles. The van der Waals surface area contributed by atoms with Gasteiger partial charge in [-0.25, -0.2) is 9.37 Å². The highest BCUT2D eigenvalue weighted by molar-refractivity contribution is 7.15. The van der Waals surface area contributed by atoms with Crippen molar-refractivity contribution in [3.8, 4) is 21.6 Å². The fourth-order valence-corrected chi connectivity index (χ4v) is 6.46. The van der Waals surface area contributed by atoms with Crippen LogP contribution in [-0.4, -0.2) is 21.5 Å². The molecule has 0 saturated carbocycles. The van der Waals surface area contributed by atoms with Crippen LogP contribution in [0.15, 0.2) is 97.3 Å². The first-order valence-corrected chi connectivity index (χ1v) is 14.9. The van der Waals surface area contributed by atoms with E-state index in [4.69, 9.17) is 4.98 Å². The van der Waals surface area contributed by atoms with Gasteiger partial charge in [0.2, 0.25) is 0 Å². The van der Waals surface area contributed by atoms with Crippen molar-refractivity contribution in [2.75, 3.05) is 6.54 Å². The van der Waals surface area contributed by atoms with Crippen LogP contribution in [0.4, 0.5) is 4.39 Å². The summed E-state index contributed by atoms with van der Waals surface area (Å²) >= 11 is 1.77. The number of para-hydroxylation sites is 1. The highest BCUT2D eigenvalue weighted by atomic mass is 32.1. The average molecular weight is 572 g/mol. The summed E-state index contributed by atoms with van der Waals surface area (Å²) in [4.78, 5) is 15.6. The molecule has 0 atom stereocenters. The summed E-state index contributed by atoms with van der Waals surface area (Å²) in [7, 11) is 0. The third kappa shape index (κ3) is 5.30. The summed E-state index contributed by atoms with van der Waals surface area (Å²) in [5.41, 5.74) is 9.39. The van der Waals surface area contributed by atoms with Gasteiger partial charge in [0, 0.05) is 70.6 Å². The Morgan fingerprint density at radius 2 is 1.76 bits per heavy atom. The van der Waals surface area contributed by atoms with Gasteiger partial charge in [0.1, 0.15) is 11.6 Å². The summed E-state index contributed by atoms with van der Waals surface area (Å²) < 4.78 is 15.6. The lowest BCUT2D eigenvalue weighted by Crippen LogP contribution is -2.13. The zero-order valence-electron chi connectivity index (χ0n) is 23.2. The normalized spacial score (nSPS) is 13.1. The van der Waals surface area contributed by atoms with Gasteiger partial charge in [-0.2, -0.15) is 0 Å². The van der Waals surface area contributed by atoms with Crippen LogP contribution in [0.1, 0.15) is 33.0 Å². The number of hydrogen-bond acceptors (Lipinski definition) is 5. The summed E-state index contributed by atoms with van der Waals surface area (Å²) in [5.74, 6) is 0.526. The van der Waals surface area contributed by atoms with Crippen LogP contribution in [0, 0.1) is 12.7 Å². The number of imidazole rings is 1. The smallest absolute Gasteiger partial charge is 0.138 e. The lowest BCUT2D eigenvalue weighted by Gasteiger charge is -2.14. The summed E-state index contributed by atoms with van der Waals surface area (Å²) in [6, 6.07) is 26.4. The minimum Gasteiger partial charge on any atom is -0.338 e. The van der Waals surface area contributed by atoms with Crippen molar-refractivity contribution in [3.63, 3.8) is 0 Å². The van der Waals surface area contributed by atoms with Gasteiger partial charge in [-0.15, -0.1) is 11.3 Å². The Balaban J connectivity index is 1.23. The zero-order chi connectivity index (χ0) is 28.5. The van der Waals surface area contributed by atoms with Gasteiger partial charge in [0.25, 0.3) is 0 Å². The molecule has 0 fully saturated rings. The number of halogens is 1. The number of H-pyrrole nitrogens is 1. The Labute approximate surface area is 248 Å². The molecule has 0 spiro atoms. The molecule has 3 aromatic carbocycles. The van der Waals surface area contributed by atoms with Gasteiger partial charge >= 0.3 is 0 Å². The molecule has 7 rings (SSSR count). The Bertz CT molecular complexity index is 1920. The fraction of sp³-hybridized carbons (Fsp3) is 0.143. The van der Waals surface area contributed by atoms with Crippen molar-refractivity contribution < 1.29 is 4.39 Å². The number of pyridine rings is 1. The van der Waals surface area contributed by atoms with E-state index in [1.165, 1.54) is 15.3 Å². The Morgan fingerprint density at radius 1 is 0.881 bits per heavy atom. The number of nitrogens with one attached hydrogen (secondary N) is 3. The standard InChI is InChI=1S/C35H30FN5S/c1-22-10-11-33(42-22)28-8-5-9-32-34(28)41-35(40-32)27-12-13-37-20-26-15-31(36)30(16-29(26)27)25-14-24(19-39-21-25)18-38-17-23-6-3-2-4-7-23/h2-12,14-16,19,21,37-38H,13,17-18,20H2,1H3,(H,40,41). The number of nitrogens with zero attached hydrogens (tertiary/aromatic N) is 2. The van der Waals surface area contributed by atoms with E-state index in [0.717, 1.165) is 56.8 Å². The van der Waals surface area contributed by atoms with Crippen LogP contribution in [0.3, 0.4) is 0 Å². The molecule has 3 N–H and O–H groups in total. The maximum Gasteiger partial charge on any atom is 0.138 e. The molecule has 5 nitrogen and oxygen atoms in total. The third-order valence-corrected chi connectivity index (χ3v) is 8.66. The second kappa shape index (κ2) is 11.4. The molecule has 0 bridgehead atoms. The number of thiophene rings is 1. The molecule has 1 aliphatic rings. The van der Waals surface area contributed by atoms with Crippen LogP contribution >= 0.6 is 11.3 Å². The predicted molar refractivity (Wildman–Crippen MR) is 170 cm³/mol. The van der Waals surface area contributed by atoms with Gasteiger partial charge in [-0.05, 0) is 65.6 Å². The molecule has 3 aromatic heterocycles.